The fourth-order valence-electron chi connectivity index (χ4n) is 3.80. The lowest BCUT2D eigenvalue weighted by Gasteiger charge is -2.23. The number of rotatable bonds is 4. The highest BCUT2D eigenvalue weighted by Gasteiger charge is 2.31. The molecular formula is C25H22N2O3. The van der Waals surface area contributed by atoms with Gasteiger partial charge in [-0.2, -0.15) is 0 Å². The quantitative estimate of drug-likeness (QED) is 0.646. The molecule has 3 aromatic carbocycles. The van der Waals surface area contributed by atoms with Crippen LogP contribution in [-0.2, 0) is 6.42 Å². The first-order chi connectivity index (χ1) is 14.4. The topological polar surface area (TPSA) is 66.5 Å². The molecule has 2 amide bonds. The molecule has 1 unspecified atom stereocenters. The molecule has 1 atom stereocenters. The largest absolute Gasteiger partial charge is 0.322 e. The van der Waals surface area contributed by atoms with E-state index in [1.54, 1.807) is 48.5 Å². The van der Waals surface area contributed by atoms with E-state index < -0.39 is 0 Å². The maximum absolute atomic E-state index is 13.1. The second-order valence-electron chi connectivity index (χ2n) is 7.53. The van der Waals surface area contributed by atoms with Crippen LogP contribution in [0.3, 0.4) is 0 Å². The van der Waals surface area contributed by atoms with Gasteiger partial charge in [0.1, 0.15) is 0 Å². The van der Waals surface area contributed by atoms with Gasteiger partial charge in [0.05, 0.1) is 0 Å². The Balaban J connectivity index is 1.50. The first-order valence-corrected chi connectivity index (χ1v) is 9.88. The summed E-state index contributed by atoms with van der Waals surface area (Å²) in [5.74, 6) is -0.435. The van der Waals surface area contributed by atoms with Gasteiger partial charge in [-0.15, -0.1) is 0 Å². The first kappa shape index (κ1) is 19.6. The summed E-state index contributed by atoms with van der Waals surface area (Å²) >= 11 is 0. The van der Waals surface area contributed by atoms with Crippen molar-refractivity contribution >= 4 is 29.0 Å². The van der Waals surface area contributed by atoms with Crippen molar-refractivity contribution in [3.05, 3.63) is 95.1 Å². The number of amides is 2. The number of nitrogens with one attached hydrogen (secondary N) is 1. The van der Waals surface area contributed by atoms with Gasteiger partial charge in [0, 0.05) is 34.1 Å². The smallest absolute Gasteiger partial charge is 0.258 e. The zero-order chi connectivity index (χ0) is 21.3. The number of nitrogens with zero attached hydrogens (tertiary/aromatic N) is 1. The number of hydrogen-bond acceptors (Lipinski definition) is 3. The summed E-state index contributed by atoms with van der Waals surface area (Å²) < 4.78 is 0. The molecule has 0 fully saturated rings. The molecule has 3 aromatic rings. The number of benzene rings is 3. The Morgan fingerprint density at radius 1 is 0.867 bits per heavy atom. The van der Waals surface area contributed by atoms with Crippen molar-refractivity contribution in [2.45, 2.75) is 26.3 Å². The van der Waals surface area contributed by atoms with Gasteiger partial charge in [0.2, 0.25) is 0 Å². The Kier molecular flexibility index (Phi) is 5.19. The molecule has 0 saturated carbocycles. The van der Waals surface area contributed by atoms with E-state index in [0.29, 0.717) is 22.4 Å². The Bertz CT molecular complexity index is 1140. The van der Waals surface area contributed by atoms with Gasteiger partial charge in [-0.3, -0.25) is 14.4 Å². The van der Waals surface area contributed by atoms with Crippen LogP contribution in [0, 0.1) is 0 Å². The average molecular weight is 398 g/mol. The predicted octanol–water partition coefficient (Wildman–Crippen LogP) is 4.73. The van der Waals surface area contributed by atoms with Crippen LogP contribution in [0.1, 0.15) is 50.5 Å². The molecule has 1 aliphatic rings. The van der Waals surface area contributed by atoms with E-state index in [4.69, 9.17) is 0 Å². The molecule has 30 heavy (non-hydrogen) atoms. The second kappa shape index (κ2) is 7.95. The molecule has 1 N–H and O–H groups in total. The van der Waals surface area contributed by atoms with Crippen molar-refractivity contribution < 1.29 is 14.4 Å². The van der Waals surface area contributed by atoms with Crippen molar-refractivity contribution in [1.29, 1.82) is 0 Å². The third-order valence-corrected chi connectivity index (χ3v) is 5.35. The standard InChI is InChI=1S/C25H22N2O3/c1-16-14-21-6-3-4-9-23(21)27(16)25(30)19-12-10-18(11-13-19)24(29)26-22-8-5-7-20(15-22)17(2)28/h3-13,15-16H,14H2,1-2H3,(H,26,29). The maximum Gasteiger partial charge on any atom is 0.258 e. The number of carbonyl (C=O) groups is 3. The SMILES string of the molecule is CC(=O)c1cccc(NC(=O)c2ccc(C(=O)N3c4ccccc4CC3C)cc2)c1. The van der Waals surface area contributed by atoms with Gasteiger partial charge in [0.25, 0.3) is 11.8 Å². The summed E-state index contributed by atoms with van der Waals surface area (Å²) in [6.45, 7) is 3.52. The summed E-state index contributed by atoms with van der Waals surface area (Å²) in [7, 11) is 0. The lowest BCUT2D eigenvalue weighted by molar-refractivity contribution is 0.0977. The summed E-state index contributed by atoms with van der Waals surface area (Å²) in [5, 5.41) is 2.79. The lowest BCUT2D eigenvalue weighted by atomic mass is 10.1. The molecule has 0 aromatic heterocycles. The fraction of sp³-hybridized carbons (Fsp3) is 0.160. The summed E-state index contributed by atoms with van der Waals surface area (Å²) in [5.41, 5.74) is 4.18. The van der Waals surface area contributed by atoms with Gasteiger partial charge in [-0.1, -0.05) is 30.3 Å². The lowest BCUT2D eigenvalue weighted by Crippen LogP contribution is -2.35. The predicted molar refractivity (Wildman–Crippen MR) is 117 cm³/mol. The van der Waals surface area contributed by atoms with Crippen LogP contribution < -0.4 is 10.2 Å². The molecule has 1 heterocycles. The summed E-state index contributed by atoms with van der Waals surface area (Å²) in [4.78, 5) is 39.0. The minimum absolute atomic E-state index is 0.0633. The van der Waals surface area contributed by atoms with Gasteiger partial charge in [-0.05, 0) is 68.3 Å². The molecule has 150 valence electrons. The number of carbonyl (C=O) groups excluding carboxylic acids is 3. The monoisotopic (exact) mass is 398 g/mol. The van der Waals surface area contributed by atoms with Crippen LogP contribution in [0.4, 0.5) is 11.4 Å². The van der Waals surface area contributed by atoms with Gasteiger partial charge in [-0.25, -0.2) is 0 Å². The molecule has 5 heteroatoms. The molecule has 0 saturated heterocycles. The molecule has 1 aliphatic heterocycles. The maximum atomic E-state index is 13.1. The molecule has 0 aliphatic carbocycles. The highest BCUT2D eigenvalue weighted by Crippen LogP contribution is 2.33. The van der Waals surface area contributed by atoms with E-state index in [2.05, 4.69) is 5.32 Å². The highest BCUT2D eigenvalue weighted by molar-refractivity contribution is 6.09. The number of Topliss-reactive ketones (excluding diaryl/α,β-unsaturated/α-hetero) is 1. The molecule has 5 nitrogen and oxygen atoms in total. The fourth-order valence-corrected chi connectivity index (χ4v) is 3.80. The average Bonchev–Trinajstić information content (AvgIpc) is 3.09. The minimum atomic E-state index is -0.297. The second-order valence-corrected chi connectivity index (χ2v) is 7.53. The van der Waals surface area contributed by atoms with Crippen LogP contribution >= 0.6 is 0 Å². The van der Waals surface area contributed by atoms with Crippen LogP contribution in [0.25, 0.3) is 0 Å². The van der Waals surface area contributed by atoms with Gasteiger partial charge in [0.15, 0.2) is 5.78 Å². The van der Waals surface area contributed by atoms with Gasteiger partial charge < -0.3 is 10.2 Å². The van der Waals surface area contributed by atoms with Crippen molar-refractivity contribution in [3.8, 4) is 0 Å². The summed E-state index contributed by atoms with van der Waals surface area (Å²) in [6, 6.07) is 21.5. The Morgan fingerprint density at radius 3 is 2.30 bits per heavy atom. The van der Waals surface area contributed by atoms with Crippen LogP contribution in [0.5, 0.6) is 0 Å². The van der Waals surface area contributed by atoms with Crippen LogP contribution in [0.2, 0.25) is 0 Å². The van der Waals surface area contributed by atoms with Gasteiger partial charge >= 0.3 is 0 Å². The van der Waals surface area contributed by atoms with Crippen molar-refractivity contribution in [1.82, 2.24) is 0 Å². The first-order valence-electron chi connectivity index (χ1n) is 9.88. The number of ketones is 1. The Morgan fingerprint density at radius 2 is 1.57 bits per heavy atom. The van der Waals surface area contributed by atoms with E-state index in [9.17, 15) is 14.4 Å². The minimum Gasteiger partial charge on any atom is -0.322 e. The summed E-state index contributed by atoms with van der Waals surface area (Å²) in [6.07, 6.45) is 0.835. The third-order valence-electron chi connectivity index (χ3n) is 5.35. The number of hydrogen-bond donors (Lipinski definition) is 1. The van der Waals surface area contributed by atoms with Crippen molar-refractivity contribution in [3.63, 3.8) is 0 Å². The van der Waals surface area contributed by atoms with E-state index in [0.717, 1.165) is 12.1 Å². The number of fused-ring (bicyclic) bond motifs is 1. The zero-order valence-corrected chi connectivity index (χ0v) is 16.9. The highest BCUT2D eigenvalue weighted by atomic mass is 16.2. The number of para-hydroxylation sites is 1. The van der Waals surface area contributed by atoms with Crippen molar-refractivity contribution in [2.24, 2.45) is 0 Å². The third kappa shape index (κ3) is 3.74. The van der Waals surface area contributed by atoms with Crippen LogP contribution in [-0.4, -0.2) is 23.6 Å². The van der Waals surface area contributed by atoms with E-state index in [-0.39, 0.29) is 23.6 Å². The van der Waals surface area contributed by atoms with Crippen molar-refractivity contribution in [2.75, 3.05) is 10.2 Å². The number of anilines is 2. The van der Waals surface area contributed by atoms with E-state index in [1.165, 1.54) is 12.5 Å². The van der Waals surface area contributed by atoms with Crippen LogP contribution in [0.15, 0.2) is 72.8 Å². The molecule has 0 bridgehead atoms. The molecular weight excluding hydrogens is 376 g/mol. The molecule has 4 rings (SSSR count). The molecule has 0 radical (unpaired) electrons. The Hall–Kier alpha value is -3.73. The normalized spacial score (nSPS) is 14.9. The zero-order valence-electron chi connectivity index (χ0n) is 16.9. The Labute approximate surface area is 175 Å². The molecule has 0 spiro atoms. The van der Waals surface area contributed by atoms with E-state index >= 15 is 0 Å². The van der Waals surface area contributed by atoms with E-state index in [1.807, 2.05) is 36.1 Å².